The molecule has 14 heavy (non-hydrogen) atoms. The van der Waals surface area contributed by atoms with Crippen LogP contribution in [0, 0.1) is 5.82 Å². The van der Waals surface area contributed by atoms with Gasteiger partial charge in [0.25, 0.3) is 11.8 Å². The van der Waals surface area contributed by atoms with E-state index in [4.69, 9.17) is 0 Å². The molecule has 2 amide bonds. The molecule has 1 heterocycles. The lowest BCUT2D eigenvalue weighted by molar-refractivity contribution is 0.0878. The average molecular weight is 238 g/mol. The van der Waals surface area contributed by atoms with Crippen LogP contribution in [-0.4, -0.2) is 11.8 Å². The summed E-state index contributed by atoms with van der Waals surface area (Å²) in [7, 11) is 0. The van der Waals surface area contributed by atoms with E-state index in [-0.39, 0.29) is 35.9 Å². The molecule has 1 aromatic rings. The quantitative estimate of drug-likeness (QED) is 0.697. The fourth-order valence-corrected chi connectivity index (χ4v) is 1.18. The van der Waals surface area contributed by atoms with Gasteiger partial charge in [0.1, 0.15) is 5.82 Å². The molecule has 0 aliphatic carbocycles. The number of carbonyl (C=O) groups is 2. The molecule has 0 atom stereocenters. The second-order valence-corrected chi connectivity index (χ2v) is 2.45. The molecule has 1 N–H and O–H groups in total. The third-order valence-electron chi connectivity index (χ3n) is 1.71. The van der Waals surface area contributed by atoms with E-state index in [0.29, 0.717) is 0 Å². The van der Waals surface area contributed by atoms with E-state index >= 15 is 0 Å². The summed E-state index contributed by atoms with van der Waals surface area (Å²) in [5, 5.41) is 2.01. The largest absolute Gasteiger partial charge is 0.288 e. The summed E-state index contributed by atoms with van der Waals surface area (Å²) in [6.07, 6.45) is 0. The lowest BCUT2D eigenvalue weighted by Crippen LogP contribution is -2.20. The Hall–Kier alpha value is -1.13. The fraction of sp³-hybridized carbons (Fsp3) is 0. The topological polar surface area (TPSA) is 46.2 Å². The van der Waals surface area contributed by atoms with E-state index in [1.807, 2.05) is 5.32 Å². The summed E-state index contributed by atoms with van der Waals surface area (Å²) in [6, 6.07) is 3.96. The Morgan fingerprint density at radius 1 is 1.07 bits per heavy atom. The van der Waals surface area contributed by atoms with Gasteiger partial charge >= 0.3 is 0 Å². The normalized spacial score (nSPS) is 12.4. The first-order valence-corrected chi connectivity index (χ1v) is 3.34. The predicted molar refractivity (Wildman–Crippen MR) is 52.7 cm³/mol. The van der Waals surface area contributed by atoms with E-state index in [1.54, 1.807) is 0 Å². The van der Waals surface area contributed by atoms with Gasteiger partial charge in [0.2, 0.25) is 0 Å². The van der Waals surface area contributed by atoms with Crippen LogP contribution in [0.2, 0.25) is 0 Å². The zero-order valence-electron chi connectivity index (χ0n) is 6.74. The Morgan fingerprint density at radius 3 is 2.29 bits per heavy atom. The Balaban J connectivity index is 0.000000845. The smallest absolute Gasteiger partial charge is 0.261 e. The summed E-state index contributed by atoms with van der Waals surface area (Å²) in [6.45, 7) is 0. The molecule has 0 spiro atoms. The first-order valence-electron chi connectivity index (χ1n) is 3.34. The van der Waals surface area contributed by atoms with Gasteiger partial charge in [0.05, 0.1) is 11.1 Å². The number of imide groups is 1. The third kappa shape index (κ3) is 1.71. The van der Waals surface area contributed by atoms with Crippen molar-refractivity contribution in [2.24, 2.45) is 0 Å². The van der Waals surface area contributed by atoms with E-state index in [2.05, 4.69) is 0 Å². The van der Waals surface area contributed by atoms with Crippen LogP contribution < -0.4 is 5.32 Å². The minimum absolute atomic E-state index is 0. The first kappa shape index (κ1) is 12.9. The highest BCUT2D eigenvalue weighted by molar-refractivity contribution is 6.21. The highest BCUT2D eigenvalue weighted by Crippen LogP contribution is 2.17. The van der Waals surface area contributed by atoms with Gasteiger partial charge in [-0.15, -0.1) is 24.8 Å². The minimum Gasteiger partial charge on any atom is -0.288 e. The summed E-state index contributed by atoms with van der Waals surface area (Å²) in [5.74, 6) is -1.85. The van der Waals surface area contributed by atoms with Crippen molar-refractivity contribution >= 4 is 36.6 Å². The maximum atomic E-state index is 12.9. The Kier molecular flexibility index (Phi) is 4.04. The van der Waals surface area contributed by atoms with Crippen molar-refractivity contribution in [1.29, 1.82) is 0 Å². The minimum atomic E-state index is -0.659. The molecule has 6 heteroatoms. The highest BCUT2D eigenvalue weighted by atomic mass is 35.5. The van der Waals surface area contributed by atoms with Crippen LogP contribution in [-0.2, 0) is 0 Å². The van der Waals surface area contributed by atoms with E-state index in [0.717, 1.165) is 6.07 Å². The molecule has 0 bridgehead atoms. The number of carbonyl (C=O) groups excluding carboxylic acids is 2. The van der Waals surface area contributed by atoms with Crippen molar-refractivity contribution < 1.29 is 14.0 Å². The van der Waals surface area contributed by atoms with Crippen LogP contribution >= 0.6 is 24.8 Å². The fourth-order valence-electron chi connectivity index (χ4n) is 1.18. The lowest BCUT2D eigenvalue weighted by Gasteiger charge is -1.93. The lowest BCUT2D eigenvalue weighted by atomic mass is 10.1. The summed E-state index contributed by atoms with van der Waals surface area (Å²) in [4.78, 5) is 21.9. The molecule has 0 saturated carbocycles. The Bertz CT molecular complexity index is 395. The van der Waals surface area contributed by atoms with Crippen molar-refractivity contribution in [2.45, 2.75) is 0 Å². The van der Waals surface area contributed by atoms with Crippen LogP contribution in [0.1, 0.15) is 20.7 Å². The monoisotopic (exact) mass is 237 g/mol. The SMILES string of the molecule is Cl.Cl.O=C1NC(=O)c2c(F)cccc21. The van der Waals surface area contributed by atoms with Gasteiger partial charge in [-0.2, -0.15) is 0 Å². The molecule has 3 nitrogen and oxygen atoms in total. The third-order valence-corrected chi connectivity index (χ3v) is 1.71. The maximum Gasteiger partial charge on any atom is 0.261 e. The van der Waals surface area contributed by atoms with Crippen LogP contribution in [0.25, 0.3) is 0 Å². The average Bonchev–Trinajstić information content (AvgIpc) is 2.29. The van der Waals surface area contributed by atoms with Crippen molar-refractivity contribution in [3.63, 3.8) is 0 Å². The molecular formula is C8H6Cl2FNO2. The Labute approximate surface area is 91.5 Å². The van der Waals surface area contributed by atoms with Gasteiger partial charge < -0.3 is 0 Å². The second-order valence-electron chi connectivity index (χ2n) is 2.45. The molecule has 0 aromatic heterocycles. The molecule has 2 rings (SSSR count). The molecule has 0 unspecified atom stereocenters. The van der Waals surface area contributed by atoms with Gasteiger partial charge in [-0.25, -0.2) is 4.39 Å². The van der Waals surface area contributed by atoms with E-state index in [1.165, 1.54) is 12.1 Å². The van der Waals surface area contributed by atoms with Crippen LogP contribution in [0.4, 0.5) is 4.39 Å². The second kappa shape index (κ2) is 4.39. The number of hydrogen-bond donors (Lipinski definition) is 1. The maximum absolute atomic E-state index is 12.9. The molecule has 1 aliphatic rings. The molecule has 76 valence electrons. The van der Waals surface area contributed by atoms with Gasteiger partial charge in [-0.3, -0.25) is 14.9 Å². The van der Waals surface area contributed by atoms with E-state index < -0.39 is 17.6 Å². The van der Waals surface area contributed by atoms with Gasteiger partial charge in [0.15, 0.2) is 0 Å². The first-order chi connectivity index (χ1) is 5.70. The number of amides is 2. The van der Waals surface area contributed by atoms with Crippen molar-refractivity contribution in [1.82, 2.24) is 5.32 Å². The van der Waals surface area contributed by atoms with Gasteiger partial charge in [-0.1, -0.05) is 6.07 Å². The number of halogens is 3. The van der Waals surface area contributed by atoms with Crippen molar-refractivity contribution in [3.8, 4) is 0 Å². The standard InChI is InChI=1S/C8H4FNO2.2ClH/c9-5-3-1-2-4-6(5)8(12)10-7(4)11;;/h1-3H,(H,10,11,12);2*1H. The molecule has 1 aromatic carbocycles. The summed E-state index contributed by atoms with van der Waals surface area (Å²) >= 11 is 0. The zero-order chi connectivity index (χ0) is 8.72. The number of fused-ring (bicyclic) bond motifs is 1. The summed E-state index contributed by atoms with van der Waals surface area (Å²) in [5.41, 5.74) is -0.0394. The van der Waals surface area contributed by atoms with Crippen molar-refractivity contribution in [2.75, 3.05) is 0 Å². The predicted octanol–water partition coefficient (Wildman–Crippen LogP) is 1.55. The van der Waals surface area contributed by atoms with Gasteiger partial charge in [0, 0.05) is 0 Å². The Morgan fingerprint density at radius 2 is 1.71 bits per heavy atom. The number of nitrogens with one attached hydrogen (secondary N) is 1. The number of benzene rings is 1. The molecular weight excluding hydrogens is 232 g/mol. The molecule has 0 saturated heterocycles. The van der Waals surface area contributed by atoms with Gasteiger partial charge in [-0.05, 0) is 12.1 Å². The number of rotatable bonds is 0. The molecule has 0 fully saturated rings. The molecule has 0 radical (unpaired) electrons. The van der Waals surface area contributed by atoms with E-state index in [9.17, 15) is 14.0 Å². The van der Waals surface area contributed by atoms with Crippen molar-refractivity contribution in [3.05, 3.63) is 35.1 Å². The molecule has 1 aliphatic heterocycles. The van der Waals surface area contributed by atoms with Crippen LogP contribution in [0.15, 0.2) is 18.2 Å². The highest BCUT2D eigenvalue weighted by Gasteiger charge is 2.29. The number of hydrogen-bond acceptors (Lipinski definition) is 2. The van der Waals surface area contributed by atoms with Crippen LogP contribution in [0.3, 0.4) is 0 Å². The zero-order valence-corrected chi connectivity index (χ0v) is 8.38. The summed E-state index contributed by atoms with van der Waals surface area (Å²) < 4.78 is 12.9. The van der Waals surface area contributed by atoms with Crippen LogP contribution in [0.5, 0.6) is 0 Å².